The Morgan fingerprint density at radius 2 is 1.96 bits per heavy atom. The Morgan fingerprint density at radius 3 is 2.54 bits per heavy atom. The number of hydrogen-bond acceptors (Lipinski definition) is 5. The van der Waals surface area contributed by atoms with Crippen LogP contribution in [-0.2, 0) is 5.54 Å². The van der Waals surface area contributed by atoms with Crippen molar-refractivity contribution in [3.63, 3.8) is 0 Å². The van der Waals surface area contributed by atoms with Crippen LogP contribution < -0.4 is 10.5 Å². The Hall–Kier alpha value is -1.59. The van der Waals surface area contributed by atoms with Crippen molar-refractivity contribution in [1.29, 1.82) is 0 Å². The molecule has 1 heterocycles. The second-order valence-corrected chi connectivity index (χ2v) is 6.91. The predicted octanol–water partition coefficient (Wildman–Crippen LogP) is 4.40. The van der Waals surface area contributed by atoms with Crippen molar-refractivity contribution in [3.8, 4) is 5.75 Å². The molecule has 1 atom stereocenters. The molecule has 0 radical (unpaired) electrons. The van der Waals surface area contributed by atoms with Gasteiger partial charge in [0, 0.05) is 0 Å². The van der Waals surface area contributed by atoms with E-state index in [1.54, 1.807) is 0 Å². The van der Waals surface area contributed by atoms with Gasteiger partial charge in [-0.2, -0.15) is 4.98 Å². The van der Waals surface area contributed by atoms with Gasteiger partial charge in [0.05, 0.1) is 5.54 Å². The van der Waals surface area contributed by atoms with Crippen molar-refractivity contribution in [2.45, 2.75) is 64.5 Å². The average molecular weight is 352 g/mol. The minimum absolute atomic E-state index is 0. The Balaban J connectivity index is 0.00000208. The van der Waals surface area contributed by atoms with E-state index in [2.05, 4.69) is 42.2 Å². The quantitative estimate of drug-likeness (QED) is 0.864. The van der Waals surface area contributed by atoms with E-state index in [0.29, 0.717) is 17.6 Å². The lowest BCUT2D eigenvalue weighted by atomic mass is 9.77. The Labute approximate surface area is 149 Å². The van der Waals surface area contributed by atoms with Gasteiger partial charge in [-0.15, -0.1) is 12.4 Å². The summed E-state index contributed by atoms with van der Waals surface area (Å²) in [7, 11) is 0. The smallest absolute Gasteiger partial charge is 0.267 e. The molecule has 1 saturated carbocycles. The van der Waals surface area contributed by atoms with Crippen molar-refractivity contribution in [2.24, 2.45) is 5.73 Å². The zero-order chi connectivity index (χ0) is 16.6. The van der Waals surface area contributed by atoms with Crippen LogP contribution in [0.1, 0.15) is 74.9 Å². The zero-order valence-corrected chi connectivity index (χ0v) is 15.5. The van der Waals surface area contributed by atoms with Gasteiger partial charge < -0.3 is 15.0 Å². The fraction of sp³-hybridized carbons (Fsp3) is 0.556. The third-order valence-electron chi connectivity index (χ3n) is 4.66. The SMILES string of the molecule is Cc1ccc(C(C)C)cc1OC(C)c1nc(C2(N)CCC2)no1.Cl. The van der Waals surface area contributed by atoms with Gasteiger partial charge in [0.25, 0.3) is 5.89 Å². The van der Waals surface area contributed by atoms with E-state index >= 15 is 0 Å². The van der Waals surface area contributed by atoms with Crippen LogP contribution in [0.4, 0.5) is 0 Å². The van der Waals surface area contributed by atoms with Crippen LogP contribution in [0.3, 0.4) is 0 Å². The number of aromatic nitrogens is 2. The first-order valence-corrected chi connectivity index (χ1v) is 8.29. The normalized spacial score (nSPS) is 17.1. The summed E-state index contributed by atoms with van der Waals surface area (Å²) in [6.45, 7) is 8.29. The van der Waals surface area contributed by atoms with Crippen LogP contribution in [0.2, 0.25) is 0 Å². The number of nitrogens with zero attached hydrogens (tertiary/aromatic N) is 2. The maximum absolute atomic E-state index is 6.24. The summed E-state index contributed by atoms with van der Waals surface area (Å²) in [4.78, 5) is 4.46. The number of halogens is 1. The van der Waals surface area contributed by atoms with Crippen molar-refractivity contribution in [2.75, 3.05) is 0 Å². The first-order valence-electron chi connectivity index (χ1n) is 8.29. The van der Waals surface area contributed by atoms with Gasteiger partial charge in [-0.3, -0.25) is 0 Å². The Kier molecular flexibility index (Phi) is 5.56. The molecule has 132 valence electrons. The molecule has 0 saturated heterocycles. The molecule has 1 fully saturated rings. The molecule has 1 aliphatic rings. The minimum Gasteiger partial charge on any atom is -0.481 e. The summed E-state index contributed by atoms with van der Waals surface area (Å²) in [6, 6.07) is 6.31. The minimum atomic E-state index is -0.408. The monoisotopic (exact) mass is 351 g/mol. The molecule has 1 aromatic heterocycles. The van der Waals surface area contributed by atoms with Crippen molar-refractivity contribution in [1.82, 2.24) is 10.1 Å². The first kappa shape index (κ1) is 18.7. The fourth-order valence-electron chi connectivity index (χ4n) is 2.73. The standard InChI is InChI=1S/C18H25N3O2.ClH/c1-11(2)14-7-6-12(3)15(10-14)22-13(4)16-20-17(21-23-16)18(19)8-5-9-18;/h6-7,10-11,13H,5,8-9,19H2,1-4H3;1H. The highest BCUT2D eigenvalue weighted by atomic mass is 35.5. The Bertz CT molecular complexity index is 695. The lowest BCUT2D eigenvalue weighted by Crippen LogP contribution is -2.44. The molecule has 0 bridgehead atoms. The zero-order valence-electron chi connectivity index (χ0n) is 14.7. The molecule has 1 aromatic carbocycles. The van der Waals surface area contributed by atoms with Crippen molar-refractivity contribution >= 4 is 12.4 Å². The van der Waals surface area contributed by atoms with E-state index in [1.807, 2.05) is 13.8 Å². The molecule has 6 heteroatoms. The first-order chi connectivity index (χ1) is 10.9. The lowest BCUT2D eigenvalue weighted by molar-refractivity contribution is 0.173. The number of nitrogens with two attached hydrogens (primary N) is 1. The highest BCUT2D eigenvalue weighted by Gasteiger charge is 2.39. The molecule has 0 spiro atoms. The van der Waals surface area contributed by atoms with E-state index < -0.39 is 5.54 Å². The third-order valence-corrected chi connectivity index (χ3v) is 4.66. The van der Waals surface area contributed by atoms with Gasteiger partial charge in [-0.25, -0.2) is 0 Å². The maximum Gasteiger partial charge on any atom is 0.267 e. The van der Waals surface area contributed by atoms with Gasteiger partial charge in [-0.1, -0.05) is 31.1 Å². The number of hydrogen-bond donors (Lipinski definition) is 1. The van der Waals surface area contributed by atoms with E-state index in [0.717, 1.165) is 30.6 Å². The highest BCUT2D eigenvalue weighted by Crippen LogP contribution is 2.37. The third kappa shape index (κ3) is 3.57. The number of aryl methyl sites for hydroxylation is 1. The van der Waals surface area contributed by atoms with Crippen molar-refractivity contribution < 1.29 is 9.26 Å². The molecule has 2 N–H and O–H groups in total. The molecule has 2 aromatic rings. The largest absolute Gasteiger partial charge is 0.481 e. The summed E-state index contributed by atoms with van der Waals surface area (Å²) in [5.41, 5.74) is 8.18. The topological polar surface area (TPSA) is 74.2 Å². The molecule has 5 nitrogen and oxygen atoms in total. The molecule has 3 rings (SSSR count). The molecular formula is C18H26ClN3O2. The molecule has 1 unspecified atom stereocenters. The summed E-state index contributed by atoms with van der Waals surface area (Å²) < 4.78 is 11.4. The molecular weight excluding hydrogens is 326 g/mol. The van der Waals surface area contributed by atoms with Crippen LogP contribution in [0, 0.1) is 6.92 Å². The van der Waals surface area contributed by atoms with E-state index in [1.165, 1.54) is 5.56 Å². The van der Waals surface area contributed by atoms with Crippen molar-refractivity contribution in [3.05, 3.63) is 41.0 Å². The van der Waals surface area contributed by atoms with Gasteiger partial charge in [0.2, 0.25) is 0 Å². The van der Waals surface area contributed by atoms with Crippen LogP contribution in [-0.4, -0.2) is 10.1 Å². The van der Waals surface area contributed by atoms with Crippen LogP contribution in [0.25, 0.3) is 0 Å². The van der Waals surface area contributed by atoms with E-state index in [4.69, 9.17) is 15.0 Å². The van der Waals surface area contributed by atoms with Gasteiger partial charge in [0.1, 0.15) is 5.75 Å². The molecule has 24 heavy (non-hydrogen) atoms. The summed E-state index contributed by atoms with van der Waals surface area (Å²) in [6.07, 6.45) is 2.64. The number of benzene rings is 1. The lowest BCUT2D eigenvalue weighted by Gasteiger charge is -2.34. The Morgan fingerprint density at radius 1 is 1.25 bits per heavy atom. The maximum atomic E-state index is 6.24. The fourth-order valence-corrected chi connectivity index (χ4v) is 2.73. The molecule has 0 amide bonds. The van der Waals surface area contributed by atoms with Gasteiger partial charge >= 0.3 is 0 Å². The second-order valence-electron chi connectivity index (χ2n) is 6.91. The molecule has 0 aliphatic heterocycles. The predicted molar refractivity (Wildman–Crippen MR) is 95.6 cm³/mol. The average Bonchev–Trinajstić information content (AvgIpc) is 2.97. The number of rotatable bonds is 5. The van der Waals surface area contributed by atoms with Crippen LogP contribution in [0.5, 0.6) is 5.75 Å². The number of ether oxygens (including phenoxy) is 1. The van der Waals surface area contributed by atoms with Crippen LogP contribution in [0.15, 0.2) is 22.7 Å². The van der Waals surface area contributed by atoms with Gasteiger partial charge in [-0.05, 0) is 56.2 Å². The molecule has 1 aliphatic carbocycles. The summed E-state index contributed by atoms with van der Waals surface area (Å²) in [5, 5.41) is 4.05. The highest BCUT2D eigenvalue weighted by molar-refractivity contribution is 5.85. The second kappa shape index (κ2) is 7.11. The summed E-state index contributed by atoms with van der Waals surface area (Å²) in [5.74, 6) is 2.39. The van der Waals surface area contributed by atoms with E-state index in [9.17, 15) is 0 Å². The summed E-state index contributed by atoms with van der Waals surface area (Å²) >= 11 is 0. The van der Waals surface area contributed by atoms with Crippen LogP contribution >= 0.6 is 12.4 Å². The van der Waals surface area contributed by atoms with Gasteiger partial charge in [0.15, 0.2) is 11.9 Å². The van der Waals surface area contributed by atoms with E-state index in [-0.39, 0.29) is 18.5 Å².